The average molecular weight is 451 g/mol. The highest BCUT2D eigenvalue weighted by Crippen LogP contribution is 2.46. The standard InChI is InChI=1S/C18H15F6N3O2S/c1-17(14-12(20)7-11(19)8-13(14)21)15(30(28,29)27(2)16(25)26-17)9-3-5-10(6-4-9)18(22,23)24/h3-8,15H,1-2H3,(H2,25,26)/t15-,17-/m1/s1. The van der Waals surface area contributed by atoms with Gasteiger partial charge in [0.25, 0.3) is 0 Å². The zero-order valence-electron chi connectivity index (χ0n) is 15.5. The summed E-state index contributed by atoms with van der Waals surface area (Å²) in [6, 6.07) is 3.75. The van der Waals surface area contributed by atoms with Crippen LogP contribution in [0.2, 0.25) is 0 Å². The van der Waals surface area contributed by atoms with Crippen LogP contribution in [0.5, 0.6) is 0 Å². The number of benzene rings is 2. The van der Waals surface area contributed by atoms with E-state index in [-0.39, 0.29) is 5.56 Å². The average Bonchev–Trinajstić information content (AvgIpc) is 2.58. The maximum Gasteiger partial charge on any atom is 0.416 e. The van der Waals surface area contributed by atoms with Crippen LogP contribution >= 0.6 is 0 Å². The molecular weight excluding hydrogens is 436 g/mol. The van der Waals surface area contributed by atoms with Crippen LogP contribution in [0, 0.1) is 22.9 Å². The number of hydrogen-bond acceptors (Lipinski definition) is 3. The van der Waals surface area contributed by atoms with Gasteiger partial charge in [0.05, 0.1) is 16.7 Å². The summed E-state index contributed by atoms with van der Waals surface area (Å²) < 4.78 is 108. The Bertz CT molecular complexity index is 1090. The maximum atomic E-state index is 14.6. The number of halogens is 6. The molecule has 3 rings (SSSR count). The molecule has 0 unspecified atom stereocenters. The van der Waals surface area contributed by atoms with Gasteiger partial charge < -0.3 is 5.32 Å². The first-order valence-corrected chi connectivity index (χ1v) is 9.86. The first-order chi connectivity index (χ1) is 13.7. The monoisotopic (exact) mass is 451 g/mol. The molecule has 2 N–H and O–H groups in total. The Morgan fingerprint density at radius 2 is 1.57 bits per heavy atom. The quantitative estimate of drug-likeness (QED) is 0.681. The van der Waals surface area contributed by atoms with E-state index in [1.807, 2.05) is 0 Å². The molecule has 162 valence electrons. The largest absolute Gasteiger partial charge is 0.416 e. The van der Waals surface area contributed by atoms with Crippen LogP contribution in [0.1, 0.15) is 28.9 Å². The van der Waals surface area contributed by atoms with Gasteiger partial charge in [0.2, 0.25) is 16.0 Å². The van der Waals surface area contributed by atoms with Crippen molar-refractivity contribution in [3.05, 3.63) is 70.5 Å². The summed E-state index contributed by atoms with van der Waals surface area (Å²) in [6.07, 6.45) is -4.68. The molecule has 12 heteroatoms. The van der Waals surface area contributed by atoms with Crippen LogP contribution in [0.25, 0.3) is 0 Å². The van der Waals surface area contributed by atoms with E-state index in [1.165, 1.54) is 0 Å². The summed E-state index contributed by atoms with van der Waals surface area (Å²) in [6.45, 7) is 1.08. The third-order valence-corrected chi connectivity index (χ3v) is 7.25. The van der Waals surface area contributed by atoms with E-state index in [4.69, 9.17) is 5.41 Å². The fraction of sp³-hybridized carbons (Fsp3) is 0.278. The van der Waals surface area contributed by atoms with Gasteiger partial charge in [0.1, 0.15) is 22.7 Å². The van der Waals surface area contributed by atoms with Crippen molar-refractivity contribution in [2.45, 2.75) is 23.9 Å². The molecule has 1 heterocycles. The first kappa shape index (κ1) is 21.9. The zero-order valence-corrected chi connectivity index (χ0v) is 16.3. The molecule has 5 nitrogen and oxygen atoms in total. The molecular formula is C18H15F6N3O2S. The van der Waals surface area contributed by atoms with Crippen molar-refractivity contribution in [2.75, 3.05) is 7.05 Å². The summed E-state index contributed by atoms with van der Waals surface area (Å²) >= 11 is 0. The number of sulfonamides is 1. The second kappa shape index (κ2) is 6.89. The minimum atomic E-state index is -4.68. The molecule has 2 atom stereocenters. The maximum absolute atomic E-state index is 14.6. The Kier molecular flexibility index (Phi) is 5.04. The predicted molar refractivity (Wildman–Crippen MR) is 95.4 cm³/mol. The van der Waals surface area contributed by atoms with E-state index < -0.39 is 61.5 Å². The van der Waals surface area contributed by atoms with Crippen molar-refractivity contribution < 1.29 is 34.8 Å². The lowest BCUT2D eigenvalue weighted by atomic mass is 9.83. The van der Waals surface area contributed by atoms with Gasteiger partial charge in [0, 0.05) is 19.2 Å². The number of hydrogen-bond donors (Lipinski definition) is 2. The van der Waals surface area contributed by atoms with Crippen LogP contribution in [0.4, 0.5) is 26.3 Å². The van der Waals surface area contributed by atoms with Gasteiger partial charge in [0.15, 0.2) is 0 Å². The van der Waals surface area contributed by atoms with Crippen molar-refractivity contribution >= 4 is 16.0 Å². The Morgan fingerprint density at radius 1 is 1.07 bits per heavy atom. The van der Waals surface area contributed by atoms with Gasteiger partial charge in [-0.25, -0.2) is 25.9 Å². The number of alkyl halides is 3. The molecule has 1 aliphatic rings. The second-order valence-corrected chi connectivity index (χ2v) is 8.98. The Morgan fingerprint density at radius 3 is 2.03 bits per heavy atom. The smallest absolute Gasteiger partial charge is 0.344 e. The van der Waals surface area contributed by atoms with Crippen LogP contribution < -0.4 is 5.32 Å². The molecule has 2 aromatic rings. The van der Waals surface area contributed by atoms with Crippen LogP contribution in [-0.4, -0.2) is 25.7 Å². The highest BCUT2D eigenvalue weighted by molar-refractivity contribution is 7.90. The SMILES string of the molecule is CN1C(=N)N[C@](C)(c2c(F)cc(F)cc2F)[C@@H](c2ccc(C(F)(F)F)cc2)S1(=O)=O. The molecule has 0 spiro atoms. The van der Waals surface area contributed by atoms with Crippen LogP contribution in [-0.2, 0) is 21.7 Å². The minimum absolute atomic E-state index is 0.208. The molecule has 0 amide bonds. The fourth-order valence-electron chi connectivity index (χ4n) is 3.56. The lowest BCUT2D eigenvalue weighted by molar-refractivity contribution is -0.137. The van der Waals surface area contributed by atoms with E-state index in [9.17, 15) is 34.8 Å². The first-order valence-electron chi connectivity index (χ1n) is 8.36. The number of guanidine groups is 1. The molecule has 1 aliphatic heterocycles. The van der Waals surface area contributed by atoms with Crippen molar-refractivity contribution in [1.82, 2.24) is 9.62 Å². The highest BCUT2D eigenvalue weighted by atomic mass is 32.2. The topological polar surface area (TPSA) is 73.3 Å². The van der Waals surface area contributed by atoms with Gasteiger partial charge >= 0.3 is 6.18 Å². The van der Waals surface area contributed by atoms with Gasteiger partial charge in [-0.3, -0.25) is 5.41 Å². The second-order valence-electron chi connectivity index (χ2n) is 6.93. The predicted octanol–water partition coefficient (Wildman–Crippen LogP) is 3.88. The van der Waals surface area contributed by atoms with Crippen molar-refractivity contribution in [1.29, 1.82) is 5.41 Å². The van der Waals surface area contributed by atoms with E-state index in [0.717, 1.165) is 26.1 Å². The number of nitrogens with zero attached hydrogens (tertiary/aromatic N) is 1. The van der Waals surface area contributed by atoms with Crippen LogP contribution in [0.15, 0.2) is 36.4 Å². The van der Waals surface area contributed by atoms with Crippen molar-refractivity contribution in [2.24, 2.45) is 0 Å². The normalized spacial score (nSPS) is 23.9. The Labute approximate surface area is 167 Å². The molecule has 0 aliphatic carbocycles. The highest BCUT2D eigenvalue weighted by Gasteiger charge is 2.54. The van der Waals surface area contributed by atoms with Crippen molar-refractivity contribution in [3.8, 4) is 0 Å². The molecule has 0 radical (unpaired) electrons. The van der Waals surface area contributed by atoms with Gasteiger partial charge in [-0.1, -0.05) is 12.1 Å². The molecule has 1 fully saturated rings. The van der Waals surface area contributed by atoms with E-state index >= 15 is 0 Å². The molecule has 1 saturated heterocycles. The summed E-state index contributed by atoms with van der Waals surface area (Å²) in [5.41, 5.74) is -4.30. The zero-order chi connectivity index (χ0) is 22.6. The van der Waals surface area contributed by atoms with Crippen molar-refractivity contribution in [3.63, 3.8) is 0 Å². The molecule has 0 saturated carbocycles. The molecule has 0 aromatic heterocycles. The van der Waals surface area contributed by atoms with Gasteiger partial charge in [-0.05, 0) is 24.6 Å². The third-order valence-electron chi connectivity index (χ3n) is 4.96. The van der Waals surface area contributed by atoms with E-state index in [1.54, 1.807) is 0 Å². The number of nitrogens with one attached hydrogen (secondary N) is 2. The lowest BCUT2D eigenvalue weighted by Crippen LogP contribution is -2.62. The van der Waals surface area contributed by atoms with E-state index in [2.05, 4.69) is 5.32 Å². The summed E-state index contributed by atoms with van der Waals surface area (Å²) in [7, 11) is -3.50. The van der Waals surface area contributed by atoms with Gasteiger partial charge in [-0.15, -0.1) is 0 Å². The Balaban J connectivity index is 2.29. The van der Waals surface area contributed by atoms with Crippen LogP contribution in [0.3, 0.4) is 0 Å². The number of rotatable bonds is 2. The third kappa shape index (κ3) is 3.38. The summed E-state index contributed by atoms with van der Waals surface area (Å²) in [5, 5.41) is 8.46. The molecule has 0 bridgehead atoms. The molecule has 30 heavy (non-hydrogen) atoms. The lowest BCUT2D eigenvalue weighted by Gasteiger charge is -2.46. The molecule has 2 aromatic carbocycles. The summed E-state index contributed by atoms with van der Waals surface area (Å²) in [5.74, 6) is -4.78. The minimum Gasteiger partial charge on any atom is -0.344 e. The Hall–Kier alpha value is -2.76. The van der Waals surface area contributed by atoms with Gasteiger partial charge in [-0.2, -0.15) is 13.2 Å². The fourth-order valence-corrected chi connectivity index (χ4v) is 5.45. The van der Waals surface area contributed by atoms with E-state index in [0.29, 0.717) is 28.6 Å². The summed E-state index contributed by atoms with van der Waals surface area (Å²) in [4.78, 5) is 0.